The van der Waals surface area contributed by atoms with Gasteiger partial charge < -0.3 is 10.2 Å². The number of halogens is 1. The lowest BCUT2D eigenvalue weighted by Gasteiger charge is -2.44. The molecule has 0 radical (unpaired) electrons. The molecule has 1 N–H and O–H groups in total. The normalized spacial score (nSPS) is 28.5. The first-order valence-corrected chi connectivity index (χ1v) is 7.03. The van der Waals surface area contributed by atoms with Crippen molar-refractivity contribution in [3.8, 4) is 0 Å². The monoisotopic (exact) mass is 270 g/mol. The molecule has 108 valence electrons. The number of piperazine rings is 1. The fourth-order valence-electron chi connectivity index (χ4n) is 2.82. The molecule has 2 unspecified atom stereocenters. The average molecular weight is 270 g/mol. The van der Waals surface area contributed by atoms with Gasteiger partial charge in [0.15, 0.2) is 0 Å². The average Bonchev–Trinajstić information content (AvgIpc) is 3.11. The predicted molar refractivity (Wildman–Crippen MR) is 70.2 cm³/mol. The number of hydrogen-bond acceptors (Lipinski definition) is 2. The van der Waals surface area contributed by atoms with Gasteiger partial charge in [-0.2, -0.15) is 0 Å². The number of nitrogens with zero attached hydrogens (tertiary/aromatic N) is 1. The SMILES string of the molecule is CC(C)(C)C1C(=O)NC(C2CC2)C(=O)N1CCCF. The zero-order valence-electron chi connectivity index (χ0n) is 11.9. The Hall–Kier alpha value is -1.13. The molecule has 1 heterocycles. The van der Waals surface area contributed by atoms with Crippen LogP contribution in [0.3, 0.4) is 0 Å². The Morgan fingerprint density at radius 1 is 1.32 bits per heavy atom. The van der Waals surface area contributed by atoms with Crippen molar-refractivity contribution >= 4 is 11.8 Å². The van der Waals surface area contributed by atoms with Gasteiger partial charge >= 0.3 is 0 Å². The number of rotatable bonds is 4. The second-order valence-electron chi connectivity index (χ2n) is 6.67. The van der Waals surface area contributed by atoms with Crippen molar-refractivity contribution in [3.63, 3.8) is 0 Å². The largest absolute Gasteiger partial charge is 0.342 e. The topological polar surface area (TPSA) is 49.4 Å². The summed E-state index contributed by atoms with van der Waals surface area (Å²) in [5.41, 5.74) is -0.343. The summed E-state index contributed by atoms with van der Waals surface area (Å²) in [5.74, 6) is 0.156. The molecule has 1 aliphatic carbocycles. The highest BCUT2D eigenvalue weighted by Crippen LogP contribution is 2.37. The summed E-state index contributed by atoms with van der Waals surface area (Å²) in [6, 6.07) is -0.882. The van der Waals surface area contributed by atoms with Crippen LogP contribution < -0.4 is 5.32 Å². The van der Waals surface area contributed by atoms with Crippen molar-refractivity contribution in [1.29, 1.82) is 0 Å². The van der Waals surface area contributed by atoms with Crippen molar-refractivity contribution in [3.05, 3.63) is 0 Å². The van der Waals surface area contributed by atoms with Gasteiger partial charge in [0.05, 0.1) is 6.67 Å². The number of alkyl halides is 1. The molecule has 2 atom stereocenters. The van der Waals surface area contributed by atoms with Crippen LogP contribution in [0.5, 0.6) is 0 Å². The van der Waals surface area contributed by atoms with Crippen LogP contribution in [0.25, 0.3) is 0 Å². The van der Waals surface area contributed by atoms with Gasteiger partial charge in [-0.3, -0.25) is 14.0 Å². The fourth-order valence-corrected chi connectivity index (χ4v) is 2.82. The van der Waals surface area contributed by atoms with Crippen LogP contribution in [0.4, 0.5) is 4.39 Å². The lowest BCUT2D eigenvalue weighted by atomic mass is 9.82. The standard InChI is InChI=1S/C14H23FN2O2/c1-14(2,3)11-12(18)16-10(9-5-6-9)13(19)17(11)8-4-7-15/h9-11H,4-8H2,1-3H3,(H,16,18). The third kappa shape index (κ3) is 2.90. The van der Waals surface area contributed by atoms with Crippen LogP contribution in [-0.4, -0.2) is 42.0 Å². The second-order valence-corrected chi connectivity index (χ2v) is 6.67. The highest BCUT2D eigenvalue weighted by molar-refractivity contribution is 5.97. The van der Waals surface area contributed by atoms with E-state index in [0.717, 1.165) is 12.8 Å². The molecule has 1 saturated heterocycles. The fraction of sp³-hybridized carbons (Fsp3) is 0.857. The number of carbonyl (C=O) groups excluding carboxylic acids is 2. The minimum atomic E-state index is -0.499. The van der Waals surface area contributed by atoms with Crippen molar-refractivity contribution in [1.82, 2.24) is 10.2 Å². The molecule has 2 aliphatic rings. The minimum Gasteiger partial charge on any atom is -0.342 e. The van der Waals surface area contributed by atoms with Crippen LogP contribution >= 0.6 is 0 Å². The smallest absolute Gasteiger partial charge is 0.246 e. The first-order valence-electron chi connectivity index (χ1n) is 7.03. The van der Waals surface area contributed by atoms with E-state index in [-0.39, 0.29) is 29.2 Å². The van der Waals surface area contributed by atoms with Gasteiger partial charge in [0.2, 0.25) is 11.8 Å². The Labute approximate surface area is 113 Å². The molecule has 0 bridgehead atoms. The van der Waals surface area contributed by atoms with Crippen molar-refractivity contribution in [2.24, 2.45) is 11.3 Å². The lowest BCUT2D eigenvalue weighted by molar-refractivity contribution is -0.154. The highest BCUT2D eigenvalue weighted by Gasteiger charge is 2.49. The number of carbonyl (C=O) groups is 2. The molecule has 0 aromatic heterocycles. The highest BCUT2D eigenvalue weighted by atomic mass is 19.1. The molecule has 19 heavy (non-hydrogen) atoms. The van der Waals surface area contributed by atoms with Crippen molar-refractivity contribution in [2.75, 3.05) is 13.2 Å². The maximum Gasteiger partial charge on any atom is 0.246 e. The van der Waals surface area contributed by atoms with E-state index < -0.39 is 12.7 Å². The molecule has 1 saturated carbocycles. The van der Waals surface area contributed by atoms with E-state index in [0.29, 0.717) is 13.0 Å². The molecule has 0 aromatic carbocycles. The van der Waals surface area contributed by atoms with Crippen LogP contribution in [0.1, 0.15) is 40.0 Å². The third-order valence-corrected chi connectivity index (χ3v) is 3.85. The van der Waals surface area contributed by atoms with Crippen LogP contribution in [0.2, 0.25) is 0 Å². The predicted octanol–water partition coefficient (Wildman–Crippen LogP) is 1.50. The van der Waals surface area contributed by atoms with Crippen molar-refractivity contribution in [2.45, 2.75) is 52.1 Å². The molecule has 2 fully saturated rings. The molecular formula is C14H23FN2O2. The van der Waals surface area contributed by atoms with Gasteiger partial charge in [-0.25, -0.2) is 0 Å². The Balaban J connectivity index is 2.21. The van der Waals surface area contributed by atoms with Gasteiger partial charge in [-0.15, -0.1) is 0 Å². The molecule has 2 amide bonds. The molecule has 2 rings (SSSR count). The Kier molecular flexibility index (Phi) is 3.83. The summed E-state index contributed by atoms with van der Waals surface area (Å²) in [4.78, 5) is 26.4. The minimum absolute atomic E-state index is 0.0320. The van der Waals surface area contributed by atoms with Gasteiger partial charge in [0.1, 0.15) is 12.1 Å². The molecule has 1 aliphatic heterocycles. The van der Waals surface area contributed by atoms with Crippen molar-refractivity contribution < 1.29 is 14.0 Å². The molecule has 4 nitrogen and oxygen atoms in total. The first-order chi connectivity index (χ1) is 8.86. The second kappa shape index (κ2) is 5.10. The Morgan fingerprint density at radius 2 is 1.95 bits per heavy atom. The number of nitrogens with one attached hydrogen (secondary N) is 1. The van der Waals surface area contributed by atoms with E-state index >= 15 is 0 Å². The lowest BCUT2D eigenvalue weighted by Crippen LogP contribution is -2.67. The zero-order chi connectivity index (χ0) is 14.2. The van der Waals surface area contributed by atoms with Crippen LogP contribution in [0.15, 0.2) is 0 Å². The summed E-state index contributed by atoms with van der Waals surface area (Å²) >= 11 is 0. The quantitative estimate of drug-likeness (QED) is 0.841. The summed E-state index contributed by atoms with van der Waals surface area (Å²) < 4.78 is 12.4. The molecule has 0 aromatic rings. The summed E-state index contributed by atoms with van der Waals surface area (Å²) in [5, 5.41) is 2.87. The number of hydrogen-bond donors (Lipinski definition) is 1. The number of amides is 2. The molecule has 0 spiro atoms. The molecule has 5 heteroatoms. The van der Waals surface area contributed by atoms with Crippen LogP contribution in [0, 0.1) is 11.3 Å². The van der Waals surface area contributed by atoms with Gasteiger partial charge in [0, 0.05) is 6.54 Å². The van der Waals surface area contributed by atoms with Crippen LogP contribution in [-0.2, 0) is 9.59 Å². The summed E-state index contributed by atoms with van der Waals surface area (Å²) in [6.07, 6.45) is 2.28. The summed E-state index contributed by atoms with van der Waals surface area (Å²) in [7, 11) is 0. The third-order valence-electron chi connectivity index (χ3n) is 3.85. The van der Waals surface area contributed by atoms with E-state index in [1.807, 2.05) is 20.8 Å². The maximum atomic E-state index is 12.5. The van der Waals surface area contributed by atoms with Gasteiger partial charge in [-0.05, 0) is 30.6 Å². The maximum absolute atomic E-state index is 12.5. The Bertz CT molecular complexity index is 374. The van der Waals surface area contributed by atoms with Gasteiger partial charge in [0.25, 0.3) is 0 Å². The molecular weight excluding hydrogens is 247 g/mol. The summed E-state index contributed by atoms with van der Waals surface area (Å²) in [6.45, 7) is 5.67. The van der Waals surface area contributed by atoms with E-state index in [1.54, 1.807) is 4.90 Å². The van der Waals surface area contributed by atoms with Gasteiger partial charge in [-0.1, -0.05) is 20.8 Å². The van der Waals surface area contributed by atoms with E-state index in [4.69, 9.17) is 0 Å². The Morgan fingerprint density at radius 3 is 2.42 bits per heavy atom. The van der Waals surface area contributed by atoms with E-state index in [2.05, 4.69) is 5.32 Å². The zero-order valence-corrected chi connectivity index (χ0v) is 11.9. The van der Waals surface area contributed by atoms with E-state index in [1.165, 1.54) is 0 Å². The first kappa shape index (κ1) is 14.3. The van der Waals surface area contributed by atoms with E-state index in [9.17, 15) is 14.0 Å².